The van der Waals surface area contributed by atoms with E-state index in [1.54, 1.807) is 12.1 Å². The average Bonchev–Trinajstić information content (AvgIpc) is 2.48. The number of hydroxylamine groups is 1. The van der Waals surface area contributed by atoms with Crippen LogP contribution in [0.3, 0.4) is 0 Å². The van der Waals surface area contributed by atoms with Crippen LogP contribution in [-0.4, -0.2) is 12.0 Å². The molecule has 1 aliphatic rings. The van der Waals surface area contributed by atoms with E-state index in [-0.39, 0.29) is 12.0 Å². The molecule has 0 spiro atoms. The Balaban J connectivity index is 2.19. The fourth-order valence-electron chi connectivity index (χ4n) is 1.73. The van der Waals surface area contributed by atoms with E-state index in [1.807, 2.05) is 19.9 Å². The Morgan fingerprint density at radius 1 is 1.41 bits per heavy atom. The summed E-state index contributed by atoms with van der Waals surface area (Å²) >= 11 is 11.9. The fourth-order valence-corrected chi connectivity index (χ4v) is 2.22. The molecular weight excluding hydrogens is 261 g/mol. The van der Waals surface area contributed by atoms with Crippen LogP contribution in [0.1, 0.15) is 19.4 Å². The van der Waals surface area contributed by atoms with Gasteiger partial charge in [0.2, 0.25) is 0 Å². The summed E-state index contributed by atoms with van der Waals surface area (Å²) < 4.78 is 0. The summed E-state index contributed by atoms with van der Waals surface area (Å²) in [4.78, 5) is 16.8. The predicted octanol–water partition coefficient (Wildman–Crippen LogP) is 2.99. The van der Waals surface area contributed by atoms with Crippen molar-refractivity contribution in [1.82, 2.24) is 5.48 Å². The number of hydrogen-bond acceptors (Lipinski definition) is 2. The molecule has 0 aliphatic carbocycles. The molecule has 92 valence electrons. The number of hydrogen-bond donors (Lipinski definition) is 1. The van der Waals surface area contributed by atoms with Gasteiger partial charge in [-0.3, -0.25) is 9.63 Å². The Hall–Kier alpha value is -0.770. The maximum atomic E-state index is 11.5. The van der Waals surface area contributed by atoms with Gasteiger partial charge in [-0.15, -0.1) is 0 Å². The van der Waals surface area contributed by atoms with Crippen LogP contribution in [0.25, 0.3) is 0 Å². The third-order valence-corrected chi connectivity index (χ3v) is 3.69. The predicted molar refractivity (Wildman–Crippen MR) is 67.0 cm³/mol. The lowest BCUT2D eigenvalue weighted by atomic mass is 9.83. The van der Waals surface area contributed by atoms with Crippen molar-refractivity contribution in [3.63, 3.8) is 0 Å². The number of nitrogens with one attached hydrogen (secondary N) is 1. The van der Waals surface area contributed by atoms with Crippen LogP contribution in [0.5, 0.6) is 0 Å². The van der Waals surface area contributed by atoms with Gasteiger partial charge in [0, 0.05) is 16.5 Å². The molecule has 1 N–H and O–H groups in total. The number of halogens is 2. The summed E-state index contributed by atoms with van der Waals surface area (Å²) in [7, 11) is 0. The third kappa shape index (κ3) is 2.41. The molecule has 1 aromatic carbocycles. The second-order valence-corrected chi connectivity index (χ2v) is 5.54. The van der Waals surface area contributed by atoms with Crippen LogP contribution >= 0.6 is 23.2 Å². The van der Waals surface area contributed by atoms with Gasteiger partial charge in [0.25, 0.3) is 5.91 Å². The molecule has 17 heavy (non-hydrogen) atoms. The van der Waals surface area contributed by atoms with Crippen molar-refractivity contribution in [2.45, 2.75) is 26.4 Å². The molecule has 5 heteroatoms. The quantitative estimate of drug-likeness (QED) is 0.900. The van der Waals surface area contributed by atoms with Gasteiger partial charge in [0.15, 0.2) is 0 Å². The van der Waals surface area contributed by atoms with E-state index in [0.717, 1.165) is 5.56 Å². The Morgan fingerprint density at radius 2 is 2.12 bits per heavy atom. The van der Waals surface area contributed by atoms with Gasteiger partial charge in [0.05, 0.1) is 5.41 Å². The summed E-state index contributed by atoms with van der Waals surface area (Å²) in [6.45, 7) is 3.70. The zero-order valence-corrected chi connectivity index (χ0v) is 11.1. The SMILES string of the molecule is CC1(C)C(=O)NOC1Cc1ccc(Cl)cc1Cl. The molecule has 1 aromatic rings. The number of amides is 1. The first-order chi connectivity index (χ1) is 7.91. The molecule has 0 saturated carbocycles. The Bertz CT molecular complexity index is 460. The third-order valence-electron chi connectivity index (χ3n) is 3.10. The number of benzene rings is 1. The zero-order valence-electron chi connectivity index (χ0n) is 9.59. The van der Waals surface area contributed by atoms with Crippen molar-refractivity contribution < 1.29 is 9.63 Å². The van der Waals surface area contributed by atoms with Crippen LogP contribution < -0.4 is 5.48 Å². The van der Waals surface area contributed by atoms with Crippen molar-refractivity contribution in [3.05, 3.63) is 33.8 Å². The molecule has 1 aliphatic heterocycles. The number of carbonyl (C=O) groups excluding carboxylic acids is 1. The molecule has 1 saturated heterocycles. The normalized spacial score (nSPS) is 22.6. The molecule has 1 unspecified atom stereocenters. The largest absolute Gasteiger partial charge is 0.272 e. The molecule has 3 nitrogen and oxygen atoms in total. The van der Waals surface area contributed by atoms with Crippen molar-refractivity contribution in [3.8, 4) is 0 Å². The zero-order chi connectivity index (χ0) is 12.6. The Labute approximate surface area is 110 Å². The lowest BCUT2D eigenvalue weighted by Gasteiger charge is -2.21. The van der Waals surface area contributed by atoms with E-state index in [1.165, 1.54) is 0 Å². The van der Waals surface area contributed by atoms with Gasteiger partial charge in [0.1, 0.15) is 6.10 Å². The summed E-state index contributed by atoms with van der Waals surface area (Å²) in [6.07, 6.45) is 0.343. The van der Waals surface area contributed by atoms with Gasteiger partial charge in [-0.2, -0.15) is 0 Å². The van der Waals surface area contributed by atoms with Crippen molar-refractivity contribution >= 4 is 29.1 Å². The van der Waals surface area contributed by atoms with E-state index in [9.17, 15) is 4.79 Å². The minimum atomic E-state index is -0.553. The van der Waals surface area contributed by atoms with E-state index in [0.29, 0.717) is 16.5 Å². The average molecular weight is 274 g/mol. The minimum Gasteiger partial charge on any atom is -0.272 e. The molecule has 0 bridgehead atoms. The molecule has 1 fully saturated rings. The van der Waals surface area contributed by atoms with Crippen molar-refractivity contribution in [2.24, 2.45) is 5.41 Å². The maximum Gasteiger partial charge on any atom is 0.251 e. The van der Waals surface area contributed by atoms with Gasteiger partial charge in [-0.25, -0.2) is 5.48 Å². The fraction of sp³-hybridized carbons (Fsp3) is 0.417. The topological polar surface area (TPSA) is 38.3 Å². The molecule has 0 aromatic heterocycles. The van der Waals surface area contributed by atoms with Crippen LogP contribution in [0.4, 0.5) is 0 Å². The highest BCUT2D eigenvalue weighted by molar-refractivity contribution is 6.35. The van der Waals surface area contributed by atoms with Crippen LogP contribution in [0.15, 0.2) is 18.2 Å². The maximum absolute atomic E-state index is 11.5. The van der Waals surface area contributed by atoms with Gasteiger partial charge >= 0.3 is 0 Å². The highest BCUT2D eigenvalue weighted by Gasteiger charge is 2.44. The van der Waals surface area contributed by atoms with Crippen molar-refractivity contribution in [2.75, 3.05) is 0 Å². The van der Waals surface area contributed by atoms with Crippen LogP contribution in [-0.2, 0) is 16.1 Å². The van der Waals surface area contributed by atoms with E-state index >= 15 is 0 Å². The van der Waals surface area contributed by atoms with E-state index in [4.69, 9.17) is 28.0 Å². The second kappa shape index (κ2) is 4.48. The Morgan fingerprint density at radius 3 is 2.65 bits per heavy atom. The van der Waals surface area contributed by atoms with Crippen LogP contribution in [0.2, 0.25) is 10.0 Å². The molecule has 1 heterocycles. The Kier molecular flexibility index (Phi) is 3.34. The molecule has 0 radical (unpaired) electrons. The first-order valence-electron chi connectivity index (χ1n) is 5.31. The number of rotatable bonds is 2. The molecule has 1 atom stereocenters. The van der Waals surface area contributed by atoms with Gasteiger partial charge < -0.3 is 0 Å². The summed E-state index contributed by atoms with van der Waals surface area (Å²) in [6, 6.07) is 5.32. The highest BCUT2D eigenvalue weighted by Crippen LogP contribution is 2.32. The second-order valence-electron chi connectivity index (χ2n) is 4.70. The summed E-state index contributed by atoms with van der Waals surface area (Å²) in [5, 5.41) is 1.19. The first-order valence-corrected chi connectivity index (χ1v) is 6.07. The summed E-state index contributed by atoms with van der Waals surface area (Å²) in [5.41, 5.74) is 2.77. The first kappa shape index (κ1) is 12.7. The monoisotopic (exact) mass is 273 g/mol. The van der Waals surface area contributed by atoms with Crippen molar-refractivity contribution in [1.29, 1.82) is 0 Å². The standard InChI is InChI=1S/C12H13Cl2NO2/c1-12(2)10(17-15-11(12)16)5-7-3-4-8(13)6-9(7)14/h3-4,6,10H,5H2,1-2H3,(H,15,16). The van der Waals surface area contributed by atoms with Gasteiger partial charge in [-0.1, -0.05) is 29.3 Å². The van der Waals surface area contributed by atoms with Gasteiger partial charge in [-0.05, 0) is 31.5 Å². The van der Waals surface area contributed by atoms with E-state index in [2.05, 4.69) is 5.48 Å². The highest BCUT2D eigenvalue weighted by atomic mass is 35.5. The lowest BCUT2D eigenvalue weighted by Crippen LogP contribution is -2.32. The summed E-state index contributed by atoms with van der Waals surface area (Å²) in [5.74, 6) is -0.104. The molecular formula is C12H13Cl2NO2. The number of carbonyl (C=O) groups is 1. The lowest BCUT2D eigenvalue weighted by molar-refractivity contribution is -0.128. The minimum absolute atomic E-state index is 0.104. The molecule has 1 amide bonds. The molecule has 2 rings (SSSR count). The van der Waals surface area contributed by atoms with E-state index < -0.39 is 5.41 Å². The smallest absolute Gasteiger partial charge is 0.251 e. The van der Waals surface area contributed by atoms with Crippen LogP contribution in [0, 0.1) is 5.41 Å².